The standard InChI is InChI=1S/C17H15F2N5O3S3/c1-3-27-16(26)22-15-23-24-17(30-15)29-8(2)13(25)21-14-20-12(7-28-14)9-4-5-10(18)11(19)6-9/h4-8H,3H2,1-2H3,(H,20,21,25)(H,22,23,26). The highest BCUT2D eigenvalue weighted by atomic mass is 32.2. The van der Waals surface area contributed by atoms with Crippen LogP contribution in [-0.2, 0) is 9.53 Å². The van der Waals surface area contributed by atoms with E-state index in [4.69, 9.17) is 4.74 Å². The Morgan fingerprint density at radius 1 is 1.20 bits per heavy atom. The zero-order valence-corrected chi connectivity index (χ0v) is 18.1. The van der Waals surface area contributed by atoms with Crippen LogP contribution in [0.3, 0.4) is 0 Å². The molecule has 2 heterocycles. The van der Waals surface area contributed by atoms with Crippen LogP contribution in [0, 0.1) is 11.6 Å². The summed E-state index contributed by atoms with van der Waals surface area (Å²) in [5, 5.41) is 14.6. The number of hydrogen-bond donors (Lipinski definition) is 2. The van der Waals surface area contributed by atoms with Crippen molar-refractivity contribution in [2.45, 2.75) is 23.4 Å². The number of rotatable bonds is 7. The number of ether oxygens (including phenoxy) is 1. The SMILES string of the molecule is CCOC(=O)Nc1nnc(SC(C)C(=O)Nc2nc(-c3ccc(F)c(F)c3)cs2)s1. The maximum atomic E-state index is 13.4. The molecule has 0 saturated heterocycles. The van der Waals surface area contributed by atoms with Crippen molar-refractivity contribution in [3.8, 4) is 11.3 Å². The third-order valence-electron chi connectivity index (χ3n) is 3.49. The van der Waals surface area contributed by atoms with Crippen molar-refractivity contribution in [2.24, 2.45) is 0 Å². The quantitative estimate of drug-likeness (QED) is 0.382. The van der Waals surface area contributed by atoms with Gasteiger partial charge in [-0.25, -0.2) is 18.6 Å². The lowest BCUT2D eigenvalue weighted by Crippen LogP contribution is -2.22. The lowest BCUT2D eigenvalue weighted by Gasteiger charge is -2.07. The number of carbonyl (C=O) groups is 2. The van der Waals surface area contributed by atoms with Crippen molar-refractivity contribution in [3.05, 3.63) is 35.2 Å². The number of amides is 2. The molecule has 1 unspecified atom stereocenters. The summed E-state index contributed by atoms with van der Waals surface area (Å²) in [7, 11) is 0. The van der Waals surface area contributed by atoms with Gasteiger partial charge in [0, 0.05) is 10.9 Å². The molecule has 0 aliphatic rings. The Balaban J connectivity index is 1.57. The molecule has 0 radical (unpaired) electrons. The molecule has 158 valence electrons. The molecule has 2 N–H and O–H groups in total. The van der Waals surface area contributed by atoms with E-state index in [-0.39, 0.29) is 17.6 Å². The molecule has 0 bridgehead atoms. The zero-order chi connectivity index (χ0) is 21.7. The Kier molecular flexibility index (Phi) is 7.29. The second kappa shape index (κ2) is 9.91. The summed E-state index contributed by atoms with van der Waals surface area (Å²) in [6.45, 7) is 3.60. The summed E-state index contributed by atoms with van der Waals surface area (Å²) >= 11 is 3.44. The summed E-state index contributed by atoms with van der Waals surface area (Å²) in [5.41, 5.74) is 0.830. The molecule has 3 rings (SSSR count). The summed E-state index contributed by atoms with van der Waals surface area (Å²) in [6.07, 6.45) is -0.628. The van der Waals surface area contributed by atoms with E-state index in [1.807, 2.05) is 0 Å². The number of nitrogens with zero attached hydrogens (tertiary/aromatic N) is 3. The molecule has 13 heteroatoms. The molecule has 8 nitrogen and oxygen atoms in total. The van der Waals surface area contributed by atoms with E-state index < -0.39 is 23.0 Å². The van der Waals surface area contributed by atoms with E-state index in [9.17, 15) is 18.4 Å². The number of nitrogens with one attached hydrogen (secondary N) is 2. The first-order valence-corrected chi connectivity index (χ1v) is 11.1. The van der Waals surface area contributed by atoms with E-state index in [0.29, 0.717) is 20.7 Å². The van der Waals surface area contributed by atoms with E-state index in [1.54, 1.807) is 19.2 Å². The average molecular weight is 472 g/mol. The fourth-order valence-corrected chi connectivity index (χ4v) is 4.70. The summed E-state index contributed by atoms with van der Waals surface area (Å²) < 4.78 is 31.7. The van der Waals surface area contributed by atoms with Gasteiger partial charge in [-0.1, -0.05) is 23.1 Å². The van der Waals surface area contributed by atoms with E-state index in [2.05, 4.69) is 25.8 Å². The summed E-state index contributed by atoms with van der Waals surface area (Å²) in [4.78, 5) is 28.0. The number of anilines is 2. The Labute approximate surface area is 182 Å². The van der Waals surface area contributed by atoms with Crippen LogP contribution < -0.4 is 10.6 Å². The molecule has 2 aromatic heterocycles. The topological polar surface area (TPSA) is 106 Å². The predicted molar refractivity (Wildman–Crippen MR) is 112 cm³/mol. The first kappa shape index (κ1) is 22.1. The number of aromatic nitrogens is 3. The van der Waals surface area contributed by atoms with Crippen LogP contribution in [0.5, 0.6) is 0 Å². The molecule has 0 aliphatic carbocycles. The number of thioether (sulfide) groups is 1. The second-order valence-corrected chi connectivity index (χ2v) is 9.06. The number of hydrogen-bond acceptors (Lipinski definition) is 9. The maximum absolute atomic E-state index is 13.4. The van der Waals surface area contributed by atoms with Crippen molar-refractivity contribution in [2.75, 3.05) is 17.2 Å². The van der Waals surface area contributed by atoms with Crippen LogP contribution in [0.4, 0.5) is 23.8 Å². The van der Waals surface area contributed by atoms with Gasteiger partial charge in [0.25, 0.3) is 0 Å². The minimum atomic E-state index is -0.968. The summed E-state index contributed by atoms with van der Waals surface area (Å²) in [5.74, 6) is -2.23. The first-order chi connectivity index (χ1) is 14.4. The lowest BCUT2D eigenvalue weighted by atomic mass is 10.2. The predicted octanol–water partition coefficient (Wildman–Crippen LogP) is 4.63. The highest BCUT2D eigenvalue weighted by Gasteiger charge is 2.19. The number of halogens is 2. The fraction of sp³-hybridized carbons (Fsp3) is 0.235. The van der Waals surface area contributed by atoms with Crippen molar-refractivity contribution in [1.29, 1.82) is 0 Å². The van der Waals surface area contributed by atoms with E-state index >= 15 is 0 Å². The van der Waals surface area contributed by atoms with Crippen molar-refractivity contribution in [1.82, 2.24) is 15.2 Å². The van der Waals surface area contributed by atoms with Gasteiger partial charge in [-0.15, -0.1) is 21.5 Å². The molecule has 0 fully saturated rings. The van der Waals surface area contributed by atoms with Gasteiger partial charge in [-0.3, -0.25) is 10.1 Å². The number of benzene rings is 1. The molecular weight excluding hydrogens is 456 g/mol. The Morgan fingerprint density at radius 3 is 2.73 bits per heavy atom. The van der Waals surface area contributed by atoms with Crippen LogP contribution in [0.15, 0.2) is 27.9 Å². The van der Waals surface area contributed by atoms with Crippen LogP contribution in [0.25, 0.3) is 11.3 Å². The average Bonchev–Trinajstić information content (AvgIpc) is 3.33. The zero-order valence-electron chi connectivity index (χ0n) is 15.6. The molecular formula is C17H15F2N5O3S3. The lowest BCUT2D eigenvalue weighted by molar-refractivity contribution is -0.115. The Morgan fingerprint density at radius 2 is 2.00 bits per heavy atom. The molecule has 0 spiro atoms. The van der Waals surface area contributed by atoms with Gasteiger partial charge in [0.05, 0.1) is 17.6 Å². The highest BCUT2D eigenvalue weighted by molar-refractivity contribution is 8.02. The van der Waals surface area contributed by atoms with Gasteiger partial charge in [0.1, 0.15) is 0 Å². The Bertz CT molecular complexity index is 1060. The second-order valence-electron chi connectivity index (χ2n) is 5.63. The molecule has 1 aromatic carbocycles. The molecule has 2 amide bonds. The van der Waals surface area contributed by atoms with Crippen molar-refractivity contribution in [3.63, 3.8) is 0 Å². The molecule has 3 aromatic rings. The largest absolute Gasteiger partial charge is 0.450 e. The van der Waals surface area contributed by atoms with E-state index in [1.165, 1.54) is 29.2 Å². The van der Waals surface area contributed by atoms with Gasteiger partial charge in [0.15, 0.2) is 21.1 Å². The van der Waals surface area contributed by atoms with Gasteiger partial charge >= 0.3 is 6.09 Å². The van der Waals surface area contributed by atoms with Gasteiger partial charge < -0.3 is 10.1 Å². The van der Waals surface area contributed by atoms with Crippen LogP contribution in [0.1, 0.15) is 13.8 Å². The number of carbonyl (C=O) groups excluding carboxylic acids is 2. The Hall–Kier alpha value is -2.64. The maximum Gasteiger partial charge on any atom is 0.413 e. The number of thiazole rings is 1. The minimum absolute atomic E-state index is 0.234. The van der Waals surface area contributed by atoms with Crippen LogP contribution >= 0.6 is 34.4 Å². The van der Waals surface area contributed by atoms with Crippen molar-refractivity contribution >= 4 is 56.7 Å². The monoisotopic (exact) mass is 471 g/mol. The van der Waals surface area contributed by atoms with Gasteiger partial charge in [0.2, 0.25) is 11.0 Å². The molecule has 0 aliphatic heterocycles. The van der Waals surface area contributed by atoms with E-state index in [0.717, 1.165) is 23.5 Å². The van der Waals surface area contributed by atoms with Gasteiger partial charge in [-0.2, -0.15) is 0 Å². The fourth-order valence-electron chi connectivity index (χ4n) is 2.09. The summed E-state index contributed by atoms with van der Waals surface area (Å²) in [6, 6.07) is 3.48. The molecule has 30 heavy (non-hydrogen) atoms. The first-order valence-electron chi connectivity index (χ1n) is 8.51. The third-order valence-corrected chi connectivity index (χ3v) is 6.27. The van der Waals surface area contributed by atoms with Crippen LogP contribution in [-0.4, -0.2) is 39.0 Å². The normalized spacial score (nSPS) is 11.7. The van der Waals surface area contributed by atoms with Crippen molar-refractivity contribution < 1.29 is 23.1 Å². The van der Waals surface area contributed by atoms with Gasteiger partial charge in [-0.05, 0) is 32.0 Å². The third kappa shape index (κ3) is 5.70. The highest BCUT2D eigenvalue weighted by Crippen LogP contribution is 2.30. The molecule has 0 saturated carbocycles. The van der Waals surface area contributed by atoms with Crippen LogP contribution in [0.2, 0.25) is 0 Å². The minimum Gasteiger partial charge on any atom is -0.450 e. The smallest absolute Gasteiger partial charge is 0.413 e. The molecule has 1 atom stereocenters.